The van der Waals surface area contributed by atoms with E-state index in [9.17, 15) is 29.1 Å². The van der Waals surface area contributed by atoms with E-state index in [1.54, 1.807) is 19.9 Å². The summed E-state index contributed by atoms with van der Waals surface area (Å²) in [7, 11) is 0. The largest absolute Gasteiger partial charge is 0.481 e. The van der Waals surface area contributed by atoms with Gasteiger partial charge in [0.2, 0.25) is 0 Å². The maximum absolute atomic E-state index is 12.9. The zero-order chi connectivity index (χ0) is 28.6. The summed E-state index contributed by atoms with van der Waals surface area (Å²) in [5.41, 5.74) is -0.122. The summed E-state index contributed by atoms with van der Waals surface area (Å²) in [6, 6.07) is 7.18. The lowest BCUT2D eigenvalue weighted by Crippen LogP contribution is -2.50. The molecule has 10 nitrogen and oxygen atoms in total. The predicted octanol–water partition coefficient (Wildman–Crippen LogP) is 5.26. The zero-order valence-corrected chi connectivity index (χ0v) is 23.0. The molecular weight excluding hydrogens is 586 g/mol. The number of amides is 2. The van der Waals surface area contributed by atoms with Crippen LogP contribution in [0, 0.1) is 5.92 Å². The number of ketones is 1. The van der Waals surface area contributed by atoms with Crippen molar-refractivity contribution in [1.29, 1.82) is 0 Å². The van der Waals surface area contributed by atoms with E-state index in [1.165, 1.54) is 30.3 Å². The van der Waals surface area contributed by atoms with Crippen molar-refractivity contribution in [2.75, 3.05) is 11.9 Å². The van der Waals surface area contributed by atoms with Gasteiger partial charge in [0.05, 0.1) is 37.8 Å². The molecule has 3 N–H and O–H groups in total. The number of nitrogens with one attached hydrogen (secondary N) is 2. The van der Waals surface area contributed by atoms with Crippen LogP contribution in [0.5, 0.6) is 0 Å². The Balaban J connectivity index is 2.10. The number of carbonyl (C=O) groups is 5. The first kappa shape index (κ1) is 31.2. The SMILES string of the molecule is CC(C)C(OC(=O)Nc1c(Cl)cccc1Cl)C(=O)NC(CC(=O)O)C(=O)COC(=O)c1c(Cl)cccc1Cl. The maximum atomic E-state index is 12.9. The number of rotatable bonds is 11. The molecule has 0 saturated carbocycles. The van der Waals surface area contributed by atoms with Crippen molar-refractivity contribution >= 4 is 81.8 Å². The fourth-order valence-corrected chi connectivity index (χ4v) is 4.08. The number of carboxylic acid groups (broad SMARTS) is 1. The molecule has 0 aliphatic rings. The number of anilines is 1. The second-order valence-electron chi connectivity index (χ2n) is 8.09. The number of hydrogen-bond acceptors (Lipinski definition) is 7. The molecular formula is C24H22Cl4N2O8. The second kappa shape index (κ2) is 14.2. The Kier molecular flexibility index (Phi) is 11.6. The number of carboxylic acids is 1. The summed E-state index contributed by atoms with van der Waals surface area (Å²) >= 11 is 23.9. The van der Waals surface area contributed by atoms with Gasteiger partial charge in [-0.15, -0.1) is 0 Å². The van der Waals surface area contributed by atoms with Gasteiger partial charge in [0.1, 0.15) is 6.04 Å². The third kappa shape index (κ3) is 8.76. The molecule has 0 heterocycles. The van der Waals surface area contributed by atoms with E-state index in [0.717, 1.165) is 0 Å². The molecule has 0 aliphatic heterocycles. The van der Waals surface area contributed by atoms with Crippen molar-refractivity contribution < 1.29 is 38.6 Å². The van der Waals surface area contributed by atoms with Crippen LogP contribution < -0.4 is 10.6 Å². The molecule has 2 aromatic rings. The van der Waals surface area contributed by atoms with Crippen molar-refractivity contribution in [3.05, 3.63) is 62.1 Å². The van der Waals surface area contributed by atoms with Crippen LogP contribution in [-0.4, -0.2) is 53.6 Å². The Hall–Kier alpha value is -3.05. The van der Waals surface area contributed by atoms with E-state index < -0.39 is 60.8 Å². The highest BCUT2D eigenvalue weighted by atomic mass is 35.5. The molecule has 14 heteroatoms. The van der Waals surface area contributed by atoms with Gasteiger partial charge in [-0.2, -0.15) is 0 Å². The number of Topliss-reactive ketones (excluding diaryl/α,β-unsaturated/α-hetero) is 1. The molecule has 0 aliphatic carbocycles. The van der Waals surface area contributed by atoms with Crippen molar-refractivity contribution in [1.82, 2.24) is 5.32 Å². The molecule has 0 aromatic heterocycles. The topological polar surface area (TPSA) is 148 Å². The standard InChI is InChI=1S/C24H22Cl4N2O8/c1-11(2)21(38-24(36)30-20-14(27)7-4-8-15(20)28)22(34)29-16(9-18(32)33)17(31)10-37-23(35)19-12(25)5-3-6-13(19)26/h3-8,11,16,21H,9-10H2,1-2H3,(H,29,34)(H,30,36)(H,32,33). The highest BCUT2D eigenvalue weighted by Gasteiger charge is 2.32. The monoisotopic (exact) mass is 606 g/mol. The van der Waals surface area contributed by atoms with Crippen molar-refractivity contribution in [2.24, 2.45) is 5.92 Å². The molecule has 0 spiro atoms. The molecule has 0 saturated heterocycles. The van der Waals surface area contributed by atoms with Crippen LogP contribution in [0.15, 0.2) is 36.4 Å². The van der Waals surface area contributed by atoms with E-state index in [2.05, 4.69) is 10.6 Å². The highest BCUT2D eigenvalue weighted by molar-refractivity contribution is 6.40. The minimum absolute atomic E-state index is 0.0152. The minimum atomic E-state index is -1.61. The smallest absolute Gasteiger partial charge is 0.412 e. The molecule has 204 valence electrons. The Morgan fingerprint density at radius 1 is 0.895 bits per heavy atom. The Bertz CT molecular complexity index is 1200. The lowest BCUT2D eigenvalue weighted by Gasteiger charge is -2.24. The first-order valence-electron chi connectivity index (χ1n) is 10.9. The van der Waals surface area contributed by atoms with Gasteiger partial charge < -0.3 is 19.9 Å². The summed E-state index contributed by atoms with van der Waals surface area (Å²) in [6.45, 7) is 2.23. The van der Waals surface area contributed by atoms with Crippen LogP contribution in [0.1, 0.15) is 30.6 Å². The van der Waals surface area contributed by atoms with Gasteiger partial charge in [-0.05, 0) is 30.2 Å². The van der Waals surface area contributed by atoms with Gasteiger partial charge in [-0.1, -0.05) is 72.4 Å². The van der Waals surface area contributed by atoms with Crippen LogP contribution in [0.3, 0.4) is 0 Å². The van der Waals surface area contributed by atoms with Crippen LogP contribution in [0.2, 0.25) is 20.1 Å². The van der Waals surface area contributed by atoms with Crippen LogP contribution in [-0.2, 0) is 23.9 Å². The summed E-state index contributed by atoms with van der Waals surface area (Å²) in [4.78, 5) is 61.7. The summed E-state index contributed by atoms with van der Waals surface area (Å²) in [6.07, 6.45) is -3.34. The van der Waals surface area contributed by atoms with Gasteiger partial charge in [0, 0.05) is 0 Å². The summed E-state index contributed by atoms with van der Waals surface area (Å²) < 4.78 is 10.1. The van der Waals surface area contributed by atoms with E-state index in [-0.39, 0.29) is 31.3 Å². The normalized spacial score (nSPS) is 12.3. The molecule has 2 amide bonds. The molecule has 2 aromatic carbocycles. The molecule has 38 heavy (non-hydrogen) atoms. The highest BCUT2D eigenvalue weighted by Crippen LogP contribution is 2.30. The average molecular weight is 608 g/mol. The molecule has 2 atom stereocenters. The zero-order valence-electron chi connectivity index (χ0n) is 19.9. The third-order valence-corrected chi connectivity index (χ3v) is 6.14. The fourth-order valence-electron chi connectivity index (χ4n) is 3.03. The summed E-state index contributed by atoms with van der Waals surface area (Å²) in [5, 5.41) is 14.0. The van der Waals surface area contributed by atoms with Gasteiger partial charge in [-0.25, -0.2) is 9.59 Å². The predicted molar refractivity (Wildman–Crippen MR) is 141 cm³/mol. The minimum Gasteiger partial charge on any atom is -0.481 e. The van der Waals surface area contributed by atoms with Crippen molar-refractivity contribution in [3.8, 4) is 0 Å². The number of aliphatic carboxylic acids is 1. The summed E-state index contributed by atoms with van der Waals surface area (Å²) in [5.74, 6) is -4.93. The fraction of sp³-hybridized carbons (Fsp3) is 0.292. The van der Waals surface area contributed by atoms with Gasteiger partial charge in [0.15, 0.2) is 18.5 Å². The van der Waals surface area contributed by atoms with E-state index in [1.807, 2.05) is 0 Å². The lowest BCUT2D eigenvalue weighted by molar-refractivity contribution is -0.142. The van der Waals surface area contributed by atoms with E-state index >= 15 is 0 Å². The van der Waals surface area contributed by atoms with Crippen LogP contribution in [0.4, 0.5) is 10.5 Å². The second-order valence-corrected chi connectivity index (χ2v) is 9.72. The molecule has 2 unspecified atom stereocenters. The third-order valence-electron chi connectivity index (χ3n) is 4.88. The van der Waals surface area contributed by atoms with Crippen LogP contribution >= 0.6 is 46.4 Å². The van der Waals surface area contributed by atoms with Gasteiger partial charge in [-0.3, -0.25) is 19.7 Å². The van der Waals surface area contributed by atoms with Crippen molar-refractivity contribution in [3.63, 3.8) is 0 Å². The number of esters is 1. The molecule has 0 bridgehead atoms. The molecule has 0 radical (unpaired) electrons. The quantitative estimate of drug-likeness (QED) is 0.293. The van der Waals surface area contributed by atoms with Gasteiger partial charge >= 0.3 is 18.0 Å². The number of carbonyl (C=O) groups excluding carboxylic acids is 4. The molecule has 2 rings (SSSR count). The van der Waals surface area contributed by atoms with E-state index in [4.69, 9.17) is 55.9 Å². The number of halogens is 4. The van der Waals surface area contributed by atoms with E-state index in [0.29, 0.717) is 0 Å². The average Bonchev–Trinajstić information content (AvgIpc) is 2.82. The molecule has 0 fully saturated rings. The number of ether oxygens (including phenoxy) is 2. The Morgan fingerprint density at radius 3 is 1.92 bits per heavy atom. The maximum Gasteiger partial charge on any atom is 0.412 e. The van der Waals surface area contributed by atoms with Gasteiger partial charge in [0.25, 0.3) is 5.91 Å². The van der Waals surface area contributed by atoms with Crippen molar-refractivity contribution in [2.45, 2.75) is 32.4 Å². The Labute approximate surface area is 237 Å². The lowest BCUT2D eigenvalue weighted by atomic mass is 10.0. The number of para-hydroxylation sites is 1. The van der Waals surface area contributed by atoms with Crippen LogP contribution in [0.25, 0.3) is 0 Å². The first-order valence-corrected chi connectivity index (χ1v) is 12.4. The number of benzene rings is 2. The Morgan fingerprint density at radius 2 is 1.42 bits per heavy atom. The first-order chi connectivity index (χ1) is 17.8. The number of hydrogen-bond donors (Lipinski definition) is 3.